The first-order valence-corrected chi connectivity index (χ1v) is 9.45. The maximum Gasteiger partial charge on any atom is 1.00 e. The first-order valence-electron chi connectivity index (χ1n) is 6.19. The van der Waals surface area contributed by atoms with E-state index >= 15 is 0 Å². The molecule has 1 rings (SSSR count). The van der Waals surface area contributed by atoms with Gasteiger partial charge in [-0.25, -0.2) is 13.1 Å². The Morgan fingerprint density at radius 3 is 1.54 bits per heavy atom. The predicted octanol–water partition coefficient (Wildman–Crippen LogP) is -0.0870. The molecule has 1 aromatic rings. The minimum Gasteiger partial charge on any atom is -0.325 e. The first kappa shape index (κ1) is 30.1. The predicted molar refractivity (Wildman–Crippen MR) is 80.7 cm³/mol. The van der Waals surface area contributed by atoms with Crippen LogP contribution in [0, 0.1) is 12.8 Å². The minimum absolute atomic E-state index is 0. The third kappa shape index (κ3) is 11.8. The van der Waals surface area contributed by atoms with Crippen LogP contribution in [0.25, 0.3) is 0 Å². The molecule has 0 bridgehead atoms. The van der Waals surface area contributed by atoms with Crippen LogP contribution in [0.4, 0.5) is 26.3 Å². The van der Waals surface area contributed by atoms with Gasteiger partial charge in [-0.2, -0.15) is 34.8 Å². The zero-order chi connectivity index (χ0) is 21.8. The molecule has 0 aliphatic heterocycles. The van der Waals surface area contributed by atoms with Crippen LogP contribution >= 0.6 is 11.6 Å². The van der Waals surface area contributed by atoms with E-state index in [-0.39, 0.29) is 34.6 Å². The van der Waals surface area contributed by atoms with Gasteiger partial charge in [-0.15, -0.1) is 0 Å². The maximum absolute atomic E-state index is 12.5. The summed E-state index contributed by atoms with van der Waals surface area (Å²) < 4.78 is 131. The average Bonchev–Trinajstić information content (AvgIpc) is 2.32. The van der Waals surface area contributed by atoms with Crippen LogP contribution in [-0.2, 0) is 20.4 Å². The molecule has 1 atom stereocenters. The van der Waals surface area contributed by atoms with Crippen LogP contribution in [0.2, 0.25) is 5.02 Å². The van der Waals surface area contributed by atoms with Crippen LogP contribution in [0.1, 0.15) is 0 Å². The average molecular weight is 490 g/mol. The third-order valence-corrected chi connectivity index (χ3v) is 4.30. The van der Waals surface area contributed by atoms with E-state index in [1.165, 1.54) is 4.72 Å². The summed E-state index contributed by atoms with van der Waals surface area (Å²) in [5.41, 5.74) is 0. The molecular formula is C11H11ClF6NNaO6S2. The molecule has 0 radical (unpaired) electrons. The molecule has 0 saturated heterocycles. The van der Waals surface area contributed by atoms with E-state index in [9.17, 15) is 34.8 Å². The van der Waals surface area contributed by atoms with Crippen LogP contribution in [0.3, 0.4) is 0 Å². The number of halogens is 7. The number of hydrogen-bond donors (Lipinski definition) is 3. The number of alkyl halides is 6. The van der Waals surface area contributed by atoms with Gasteiger partial charge >= 0.3 is 52.3 Å². The van der Waals surface area contributed by atoms with Crippen molar-refractivity contribution in [1.82, 2.24) is 4.72 Å². The van der Waals surface area contributed by atoms with Gasteiger partial charge in [-0.1, -0.05) is 17.6 Å². The van der Waals surface area contributed by atoms with Crippen LogP contribution < -0.4 is 34.3 Å². The van der Waals surface area contributed by atoms with Gasteiger partial charge in [0.15, 0.2) is 0 Å². The molecule has 0 saturated carbocycles. The molecule has 0 aliphatic rings. The SMILES string of the molecule is O=S(=O)(O)O.[CH2-][C@@H](NS(=O)(=O)c1ccc(Cl)cc1)C(C(F)(F)F)C(F)(F)F.[Na+]. The molecule has 0 unspecified atom stereocenters. The van der Waals surface area contributed by atoms with E-state index in [0.717, 1.165) is 24.3 Å². The Kier molecular flexibility index (Phi) is 11.6. The van der Waals surface area contributed by atoms with Gasteiger partial charge in [0, 0.05) is 5.02 Å². The first-order chi connectivity index (χ1) is 11.7. The van der Waals surface area contributed by atoms with Gasteiger partial charge in [0.2, 0.25) is 10.0 Å². The summed E-state index contributed by atoms with van der Waals surface area (Å²) in [6.07, 6.45) is -11.4. The Labute approximate surface area is 183 Å². The molecule has 0 amide bonds. The number of benzene rings is 1. The second-order valence-corrected chi connectivity index (χ2v) is 7.74. The van der Waals surface area contributed by atoms with E-state index in [4.69, 9.17) is 29.1 Å². The van der Waals surface area contributed by atoms with Gasteiger partial charge in [0.25, 0.3) is 0 Å². The molecule has 0 spiro atoms. The monoisotopic (exact) mass is 489 g/mol. The molecule has 0 heterocycles. The molecule has 158 valence electrons. The van der Waals surface area contributed by atoms with Crippen LogP contribution in [0.5, 0.6) is 0 Å². The largest absolute Gasteiger partial charge is 1.00 e. The van der Waals surface area contributed by atoms with E-state index < -0.39 is 49.6 Å². The van der Waals surface area contributed by atoms with Crippen molar-refractivity contribution in [2.75, 3.05) is 0 Å². The summed E-state index contributed by atoms with van der Waals surface area (Å²) in [5.74, 6) is -3.93. The number of rotatable bonds is 4. The summed E-state index contributed by atoms with van der Waals surface area (Å²) in [7, 11) is -9.28. The van der Waals surface area contributed by atoms with Crippen LogP contribution in [-0.4, -0.2) is 44.3 Å². The van der Waals surface area contributed by atoms with Gasteiger partial charge in [-0.05, 0) is 24.3 Å². The summed E-state index contributed by atoms with van der Waals surface area (Å²) in [6.45, 7) is 2.64. The van der Waals surface area contributed by atoms with Gasteiger partial charge in [-0.3, -0.25) is 9.11 Å². The van der Waals surface area contributed by atoms with Gasteiger partial charge in [0.1, 0.15) is 5.92 Å². The topological polar surface area (TPSA) is 121 Å². The van der Waals surface area contributed by atoms with Gasteiger partial charge < -0.3 is 6.92 Å². The van der Waals surface area contributed by atoms with Crippen molar-refractivity contribution >= 4 is 32.0 Å². The van der Waals surface area contributed by atoms with E-state index in [0.29, 0.717) is 0 Å². The molecule has 1 aromatic carbocycles. The molecule has 3 N–H and O–H groups in total. The Bertz CT molecular complexity index is 807. The molecular weight excluding hydrogens is 479 g/mol. The van der Waals surface area contributed by atoms with Crippen molar-refractivity contribution in [1.29, 1.82) is 0 Å². The van der Waals surface area contributed by atoms with E-state index in [2.05, 4.69) is 6.92 Å². The van der Waals surface area contributed by atoms with E-state index in [1.54, 1.807) is 0 Å². The normalized spacial score (nSPS) is 14.0. The Hall–Kier alpha value is -0.130. The fourth-order valence-corrected chi connectivity index (χ4v) is 2.88. The van der Waals surface area contributed by atoms with Crippen molar-refractivity contribution in [3.05, 3.63) is 36.2 Å². The van der Waals surface area contributed by atoms with Crippen molar-refractivity contribution in [3.63, 3.8) is 0 Å². The molecule has 28 heavy (non-hydrogen) atoms. The maximum atomic E-state index is 12.5. The summed E-state index contributed by atoms with van der Waals surface area (Å²) in [4.78, 5) is -0.534. The zero-order valence-corrected chi connectivity index (χ0v) is 18.0. The quantitative estimate of drug-likeness (QED) is 0.235. The third-order valence-electron chi connectivity index (χ3n) is 2.54. The fourth-order valence-electron chi connectivity index (χ4n) is 1.59. The second-order valence-electron chi connectivity index (χ2n) is 4.69. The number of hydrogen-bond acceptors (Lipinski definition) is 4. The summed E-state index contributed by atoms with van der Waals surface area (Å²) >= 11 is 5.51. The van der Waals surface area contributed by atoms with Crippen molar-refractivity contribution in [2.24, 2.45) is 5.92 Å². The number of nitrogens with one attached hydrogen (secondary N) is 1. The Morgan fingerprint density at radius 2 is 1.25 bits per heavy atom. The smallest absolute Gasteiger partial charge is 0.325 e. The second kappa shape index (κ2) is 10.8. The molecule has 0 fully saturated rings. The van der Waals surface area contributed by atoms with Gasteiger partial charge in [0.05, 0.1) is 4.90 Å². The Morgan fingerprint density at radius 1 is 0.929 bits per heavy atom. The van der Waals surface area contributed by atoms with Crippen molar-refractivity contribution < 1.29 is 81.8 Å². The molecule has 0 aliphatic carbocycles. The van der Waals surface area contributed by atoms with Crippen molar-refractivity contribution in [2.45, 2.75) is 23.3 Å². The van der Waals surface area contributed by atoms with Crippen molar-refractivity contribution in [3.8, 4) is 0 Å². The molecule has 7 nitrogen and oxygen atoms in total. The minimum atomic E-state index is -5.70. The molecule has 17 heteroatoms. The summed E-state index contributed by atoms with van der Waals surface area (Å²) in [6, 6.07) is 1.44. The Balaban J connectivity index is 0. The number of sulfonamides is 1. The summed E-state index contributed by atoms with van der Waals surface area (Å²) in [5, 5.41) is 0.147. The fraction of sp³-hybridized carbons (Fsp3) is 0.364. The zero-order valence-electron chi connectivity index (χ0n) is 13.7. The standard InChI is InChI=1S/C11H9ClF6NO2S.Na.H2O4S/c1-6(9(10(13,14)15)11(16,17)18)19-22(20,21)8-4-2-7(12)3-5-8;;1-5(2,3)4/h2-6,9,19H,1H2;;(H2,1,2,3,4)/q-1;+1;/t6-;;/m1../s1. The molecule has 0 aromatic heterocycles. The van der Waals surface area contributed by atoms with E-state index in [1.807, 2.05) is 0 Å². The van der Waals surface area contributed by atoms with Crippen LogP contribution in [0.15, 0.2) is 29.2 Å².